The van der Waals surface area contributed by atoms with E-state index in [0.29, 0.717) is 5.41 Å². The van der Waals surface area contributed by atoms with E-state index >= 15 is 0 Å². The van der Waals surface area contributed by atoms with Crippen LogP contribution in [0.4, 0.5) is 0 Å². The van der Waals surface area contributed by atoms with E-state index in [4.69, 9.17) is 0 Å². The van der Waals surface area contributed by atoms with Crippen molar-refractivity contribution in [1.29, 1.82) is 0 Å². The third kappa shape index (κ3) is 6.63. The van der Waals surface area contributed by atoms with Crippen LogP contribution in [-0.2, 0) is 45.1 Å². The summed E-state index contributed by atoms with van der Waals surface area (Å²) in [6, 6.07) is 9.72. The van der Waals surface area contributed by atoms with Crippen molar-refractivity contribution < 1.29 is 25.8 Å². The molecule has 1 heteroatoms. The Kier molecular flexibility index (Phi) is 13.6. The van der Waals surface area contributed by atoms with Crippen LogP contribution in [0.1, 0.15) is 97.4 Å². The van der Waals surface area contributed by atoms with Gasteiger partial charge in [-0.2, -0.15) is 33.9 Å². The van der Waals surface area contributed by atoms with Gasteiger partial charge in [0.05, 0.1) is 0 Å². The molecule has 0 N–H and O–H groups in total. The first-order valence-electron chi connectivity index (χ1n) is 12.7. The summed E-state index contributed by atoms with van der Waals surface area (Å²) in [5.41, 5.74) is 12.7. The topological polar surface area (TPSA) is 0 Å². The molecule has 0 aliphatic heterocycles. The maximum absolute atomic E-state index is 2.53. The predicted octanol–water partition coefficient (Wildman–Crippen LogP) is 10.0. The zero-order valence-electron chi connectivity index (χ0n) is 24.0. The number of aryl methyl sites for hydroxylation is 1. The van der Waals surface area contributed by atoms with Crippen LogP contribution in [-0.4, -0.2) is 0 Å². The number of unbranched alkanes of at least 4 members (excludes halogenated alkanes) is 2. The summed E-state index contributed by atoms with van der Waals surface area (Å²) >= 11 is 0. The first-order valence-corrected chi connectivity index (χ1v) is 12.7. The number of hydrogen-bond donors (Lipinski definition) is 0. The van der Waals surface area contributed by atoms with Crippen LogP contribution < -0.4 is 0 Å². The zero-order chi connectivity index (χ0) is 22.8. The summed E-state index contributed by atoms with van der Waals surface area (Å²) in [6.45, 7) is 18.0. The molecular weight excluding hydrogens is 575 g/mol. The van der Waals surface area contributed by atoms with Crippen LogP contribution in [0.3, 0.4) is 0 Å². The van der Waals surface area contributed by atoms with Crippen LogP contribution in [0.2, 0.25) is 0 Å². The van der Waals surface area contributed by atoms with E-state index in [2.05, 4.69) is 79.7 Å². The molecule has 0 nitrogen and oxygen atoms in total. The molecule has 4 rings (SSSR count). The van der Waals surface area contributed by atoms with E-state index in [1.807, 2.05) is 0 Å². The van der Waals surface area contributed by atoms with Crippen LogP contribution in [0.5, 0.6) is 0 Å². The van der Waals surface area contributed by atoms with Gasteiger partial charge >= 0.3 is 25.8 Å². The van der Waals surface area contributed by atoms with Crippen molar-refractivity contribution in [2.75, 3.05) is 0 Å². The van der Waals surface area contributed by atoms with E-state index in [1.165, 1.54) is 90.0 Å². The fraction of sp³-hybridized carbons (Fsp3) is 0.515. The van der Waals surface area contributed by atoms with Gasteiger partial charge in [-0.15, -0.1) is 34.5 Å². The van der Waals surface area contributed by atoms with Crippen molar-refractivity contribution in [3.05, 3.63) is 83.6 Å². The van der Waals surface area contributed by atoms with Gasteiger partial charge < -0.3 is 14.9 Å². The average molecular weight is 625 g/mol. The molecule has 0 unspecified atom stereocenters. The minimum atomic E-state index is 0. The summed E-state index contributed by atoms with van der Waals surface area (Å²) in [4.78, 5) is 0. The van der Waals surface area contributed by atoms with Crippen LogP contribution in [0, 0.1) is 54.9 Å². The van der Waals surface area contributed by atoms with Gasteiger partial charge in [-0.3, -0.25) is 0 Å². The molecule has 0 spiro atoms. The zero-order valence-corrected chi connectivity index (χ0v) is 27.6. The first kappa shape index (κ1) is 33.1. The molecular formula is C33H50Hf. The quantitative estimate of drug-likeness (QED) is 0.145. The van der Waals surface area contributed by atoms with E-state index in [-0.39, 0.29) is 40.7 Å². The molecule has 0 aromatic heterocycles. The van der Waals surface area contributed by atoms with Gasteiger partial charge in [0.15, 0.2) is 0 Å². The Morgan fingerprint density at radius 3 is 1.79 bits per heavy atom. The number of hydrogen-bond acceptors (Lipinski definition) is 0. The molecule has 1 aliphatic rings. The molecule has 0 radical (unpaired) electrons. The van der Waals surface area contributed by atoms with Crippen molar-refractivity contribution in [2.45, 2.75) is 107 Å². The predicted molar refractivity (Wildman–Crippen MR) is 152 cm³/mol. The minimum Gasteiger partial charge on any atom is -0.358 e. The molecule has 0 fully saturated rings. The Bertz CT molecular complexity index is 943. The summed E-state index contributed by atoms with van der Waals surface area (Å²) in [7, 11) is 0. The third-order valence-corrected chi connectivity index (χ3v) is 8.67. The van der Waals surface area contributed by atoms with Gasteiger partial charge in [0.1, 0.15) is 0 Å². The standard InChI is InChI=1S/C21H29.C10H15.2CH3.Hf/c1-4-7-8-9-16-10-11-17-12-18-14-21(5-2,6-3)15-19(18)13-20(16)17;1-6-7(2)9(4)10(5)8(6)3;;;/h10-13H,4-9,14-15H2,1-3H3;1-5H3;2*1H3;/q4*-1;+4. The number of fused-ring (bicyclic) bond motifs is 2. The Hall–Kier alpha value is -0.950. The summed E-state index contributed by atoms with van der Waals surface area (Å²) in [5.74, 6) is 0. The van der Waals surface area contributed by atoms with Crippen molar-refractivity contribution in [3.63, 3.8) is 0 Å². The van der Waals surface area contributed by atoms with E-state index in [1.54, 1.807) is 16.7 Å². The van der Waals surface area contributed by atoms with Gasteiger partial charge in [0, 0.05) is 0 Å². The van der Waals surface area contributed by atoms with Crippen molar-refractivity contribution in [1.82, 2.24) is 0 Å². The summed E-state index contributed by atoms with van der Waals surface area (Å²) < 4.78 is 0. The van der Waals surface area contributed by atoms with Crippen LogP contribution in [0.25, 0.3) is 10.8 Å². The molecule has 3 aromatic rings. The first-order chi connectivity index (χ1) is 14.8. The van der Waals surface area contributed by atoms with E-state index < -0.39 is 0 Å². The fourth-order valence-corrected chi connectivity index (χ4v) is 5.54. The molecule has 3 aromatic carbocycles. The monoisotopic (exact) mass is 626 g/mol. The maximum atomic E-state index is 2.53. The average Bonchev–Trinajstić information content (AvgIpc) is 3.40. The largest absolute Gasteiger partial charge is 4.00 e. The second-order valence-corrected chi connectivity index (χ2v) is 10.2. The van der Waals surface area contributed by atoms with Gasteiger partial charge in [0.25, 0.3) is 0 Å². The Morgan fingerprint density at radius 2 is 1.35 bits per heavy atom. The maximum Gasteiger partial charge on any atom is 4.00 e. The Morgan fingerprint density at radius 1 is 0.824 bits per heavy atom. The molecule has 0 amide bonds. The van der Waals surface area contributed by atoms with E-state index in [9.17, 15) is 0 Å². The van der Waals surface area contributed by atoms with Gasteiger partial charge in [-0.25, -0.2) is 0 Å². The molecule has 0 saturated carbocycles. The molecule has 0 heterocycles. The van der Waals surface area contributed by atoms with Crippen molar-refractivity contribution in [2.24, 2.45) is 5.41 Å². The molecule has 0 saturated heterocycles. The summed E-state index contributed by atoms with van der Waals surface area (Å²) in [5, 5.41) is 3.01. The van der Waals surface area contributed by atoms with Crippen molar-refractivity contribution in [3.8, 4) is 0 Å². The second-order valence-electron chi connectivity index (χ2n) is 10.2. The van der Waals surface area contributed by atoms with Crippen LogP contribution in [0.15, 0.2) is 24.3 Å². The molecule has 1 aliphatic carbocycles. The number of benzene rings is 1. The van der Waals surface area contributed by atoms with Crippen molar-refractivity contribution >= 4 is 10.8 Å². The van der Waals surface area contributed by atoms with E-state index in [0.717, 1.165) is 0 Å². The summed E-state index contributed by atoms with van der Waals surface area (Å²) in [6.07, 6.45) is 10.5. The molecule has 0 bridgehead atoms. The normalized spacial score (nSPS) is 13.3. The fourth-order valence-electron chi connectivity index (χ4n) is 5.54. The molecule has 34 heavy (non-hydrogen) atoms. The minimum absolute atomic E-state index is 0. The van der Waals surface area contributed by atoms with Gasteiger partial charge in [-0.05, 0) is 31.1 Å². The second kappa shape index (κ2) is 14.0. The third-order valence-electron chi connectivity index (χ3n) is 8.67. The molecule has 186 valence electrons. The Balaban J connectivity index is 0.000000721. The smallest absolute Gasteiger partial charge is 0.358 e. The number of rotatable bonds is 6. The SMILES string of the molecule is CCCCC[c-]1ccc2cc3c(cc21)CC(CC)(CC)C3.Cc1c(C)c(C)[c-](C)c1C.[CH3-].[CH3-].[Hf+4]. The van der Waals surface area contributed by atoms with Gasteiger partial charge in [0.2, 0.25) is 0 Å². The van der Waals surface area contributed by atoms with Gasteiger partial charge in [-0.1, -0.05) is 92.2 Å². The van der Waals surface area contributed by atoms with Crippen LogP contribution >= 0.6 is 0 Å². The molecule has 0 atom stereocenters. The Labute approximate surface area is 231 Å².